The summed E-state index contributed by atoms with van der Waals surface area (Å²) in [7, 11) is 3.18. The van der Waals surface area contributed by atoms with Crippen LogP contribution in [0.25, 0.3) is 10.9 Å². The van der Waals surface area contributed by atoms with Gasteiger partial charge >= 0.3 is 0 Å². The van der Waals surface area contributed by atoms with Gasteiger partial charge in [-0.15, -0.1) is 0 Å². The van der Waals surface area contributed by atoms with Gasteiger partial charge in [0.1, 0.15) is 11.5 Å². The minimum Gasteiger partial charge on any atom is -0.497 e. The van der Waals surface area contributed by atoms with Gasteiger partial charge in [-0.1, -0.05) is 12.1 Å². The fourth-order valence-corrected chi connectivity index (χ4v) is 2.33. The van der Waals surface area contributed by atoms with E-state index >= 15 is 0 Å². The Morgan fingerprint density at radius 2 is 1.92 bits per heavy atom. The van der Waals surface area contributed by atoms with E-state index in [4.69, 9.17) is 9.47 Å². The number of rotatable bonds is 5. The molecule has 0 aliphatic rings. The van der Waals surface area contributed by atoms with E-state index in [9.17, 15) is 4.79 Å². The van der Waals surface area contributed by atoms with Gasteiger partial charge in [0.2, 0.25) is 0 Å². The predicted molar refractivity (Wildman–Crippen MR) is 95.3 cm³/mol. The molecule has 0 bridgehead atoms. The molecule has 2 aromatic carbocycles. The van der Waals surface area contributed by atoms with Crippen molar-refractivity contribution in [1.82, 2.24) is 4.98 Å². The number of pyridine rings is 1. The number of H-pyrrole nitrogens is 1. The maximum Gasteiger partial charge on any atom is 0.257 e. The number of hydrazone groups is 1. The number of fused-ring (bicyclic) bond motifs is 1. The summed E-state index contributed by atoms with van der Waals surface area (Å²) in [6.45, 7) is 0. The molecule has 0 aliphatic carbocycles. The highest BCUT2D eigenvalue weighted by Crippen LogP contribution is 2.23. The predicted octanol–water partition coefficient (Wildman–Crippen LogP) is 2.99. The molecule has 2 N–H and O–H groups in total. The van der Waals surface area contributed by atoms with Crippen LogP contribution in [-0.2, 0) is 0 Å². The number of anilines is 1. The zero-order valence-electron chi connectivity index (χ0n) is 13.4. The summed E-state index contributed by atoms with van der Waals surface area (Å²) < 4.78 is 10.4. The Morgan fingerprint density at radius 3 is 2.71 bits per heavy atom. The fraction of sp³-hybridized carbons (Fsp3) is 0.111. The van der Waals surface area contributed by atoms with Crippen molar-refractivity contribution >= 4 is 22.8 Å². The molecule has 0 aliphatic heterocycles. The molecule has 1 aromatic heterocycles. The highest BCUT2D eigenvalue weighted by molar-refractivity contribution is 5.88. The van der Waals surface area contributed by atoms with Crippen molar-refractivity contribution in [2.45, 2.75) is 0 Å². The van der Waals surface area contributed by atoms with Crippen LogP contribution in [-0.4, -0.2) is 25.4 Å². The second kappa shape index (κ2) is 6.87. The molecule has 0 unspecified atom stereocenters. The molecule has 0 saturated carbocycles. The first-order valence-corrected chi connectivity index (χ1v) is 7.34. The smallest absolute Gasteiger partial charge is 0.257 e. The van der Waals surface area contributed by atoms with E-state index in [0.717, 1.165) is 11.1 Å². The quantitative estimate of drug-likeness (QED) is 0.559. The van der Waals surface area contributed by atoms with Gasteiger partial charge in [0.15, 0.2) is 0 Å². The lowest BCUT2D eigenvalue weighted by Gasteiger charge is -2.06. The minimum atomic E-state index is -0.221. The summed E-state index contributed by atoms with van der Waals surface area (Å²) in [5, 5.41) is 5.02. The molecule has 0 atom stereocenters. The Labute approximate surface area is 138 Å². The summed E-state index contributed by atoms with van der Waals surface area (Å²) in [6, 6.07) is 14.7. The van der Waals surface area contributed by atoms with E-state index in [-0.39, 0.29) is 5.56 Å². The van der Waals surface area contributed by atoms with Gasteiger partial charge in [-0.2, -0.15) is 5.10 Å². The zero-order chi connectivity index (χ0) is 16.9. The molecule has 0 spiro atoms. The SMILES string of the molecule is COc1ccc2cc(/C=N/Nc3ccccc3OC)c(=O)[nH]c2c1. The summed E-state index contributed by atoms with van der Waals surface area (Å²) in [5.74, 6) is 1.37. The van der Waals surface area contributed by atoms with Crippen LogP contribution in [0.4, 0.5) is 5.69 Å². The molecule has 0 radical (unpaired) electrons. The van der Waals surface area contributed by atoms with Gasteiger partial charge in [0.25, 0.3) is 5.56 Å². The molecule has 0 saturated heterocycles. The average Bonchev–Trinajstić information content (AvgIpc) is 2.62. The number of benzene rings is 2. The van der Waals surface area contributed by atoms with Crippen LogP contribution in [0.5, 0.6) is 11.5 Å². The topological polar surface area (TPSA) is 75.7 Å². The highest BCUT2D eigenvalue weighted by atomic mass is 16.5. The standard InChI is InChI=1S/C18H17N3O3/c1-23-14-8-7-12-9-13(18(22)20-16(12)10-14)11-19-21-15-5-3-4-6-17(15)24-2/h3-11,21H,1-2H3,(H,20,22)/b19-11+. The van der Waals surface area contributed by atoms with Crippen molar-refractivity contribution in [3.8, 4) is 11.5 Å². The molecule has 3 rings (SSSR count). The molecule has 122 valence electrons. The summed E-state index contributed by atoms with van der Waals surface area (Å²) in [6.07, 6.45) is 1.48. The number of hydrogen-bond acceptors (Lipinski definition) is 5. The number of methoxy groups -OCH3 is 2. The lowest BCUT2D eigenvalue weighted by atomic mass is 10.1. The molecular weight excluding hydrogens is 306 g/mol. The monoisotopic (exact) mass is 323 g/mol. The second-order valence-electron chi connectivity index (χ2n) is 5.08. The number of nitrogens with zero attached hydrogens (tertiary/aromatic N) is 1. The first kappa shape index (κ1) is 15.6. The molecule has 6 nitrogen and oxygen atoms in total. The van der Waals surface area contributed by atoms with Gasteiger partial charge < -0.3 is 14.5 Å². The Balaban J connectivity index is 1.87. The van der Waals surface area contributed by atoms with Crippen molar-refractivity contribution < 1.29 is 9.47 Å². The third-order valence-corrected chi connectivity index (χ3v) is 3.58. The van der Waals surface area contributed by atoms with E-state index in [1.54, 1.807) is 26.4 Å². The van der Waals surface area contributed by atoms with Crippen LogP contribution in [0, 0.1) is 0 Å². The maximum atomic E-state index is 12.2. The molecule has 6 heteroatoms. The van der Waals surface area contributed by atoms with E-state index in [0.29, 0.717) is 22.6 Å². The van der Waals surface area contributed by atoms with E-state index < -0.39 is 0 Å². The Bertz CT molecular complexity index is 948. The van der Waals surface area contributed by atoms with Crippen LogP contribution in [0.2, 0.25) is 0 Å². The van der Waals surface area contributed by atoms with Crippen molar-refractivity contribution in [2.24, 2.45) is 5.10 Å². The highest BCUT2D eigenvalue weighted by Gasteiger charge is 2.03. The Kier molecular flexibility index (Phi) is 4.47. The first-order valence-electron chi connectivity index (χ1n) is 7.34. The van der Waals surface area contributed by atoms with Gasteiger partial charge in [-0.05, 0) is 35.7 Å². The molecular formula is C18H17N3O3. The van der Waals surface area contributed by atoms with E-state index in [1.807, 2.05) is 36.4 Å². The number of hydrogen-bond donors (Lipinski definition) is 2. The van der Waals surface area contributed by atoms with E-state index in [1.165, 1.54) is 6.21 Å². The third-order valence-electron chi connectivity index (χ3n) is 3.58. The average molecular weight is 323 g/mol. The normalized spacial score (nSPS) is 10.9. The third kappa shape index (κ3) is 3.22. The second-order valence-corrected chi connectivity index (χ2v) is 5.08. The number of para-hydroxylation sites is 2. The van der Waals surface area contributed by atoms with Crippen molar-refractivity contribution in [1.29, 1.82) is 0 Å². The zero-order valence-corrected chi connectivity index (χ0v) is 13.4. The van der Waals surface area contributed by atoms with E-state index in [2.05, 4.69) is 15.5 Å². The lowest BCUT2D eigenvalue weighted by Crippen LogP contribution is -2.12. The molecule has 0 fully saturated rings. The number of ether oxygens (including phenoxy) is 2. The summed E-state index contributed by atoms with van der Waals surface area (Å²) in [4.78, 5) is 15.0. The maximum absolute atomic E-state index is 12.2. The molecule has 24 heavy (non-hydrogen) atoms. The Morgan fingerprint density at radius 1 is 1.08 bits per heavy atom. The van der Waals surface area contributed by atoms with Crippen molar-refractivity contribution in [2.75, 3.05) is 19.6 Å². The largest absolute Gasteiger partial charge is 0.497 e. The van der Waals surface area contributed by atoms with Crippen LogP contribution in [0.15, 0.2) is 58.4 Å². The Hall–Kier alpha value is -3.28. The first-order chi connectivity index (χ1) is 11.7. The lowest BCUT2D eigenvalue weighted by molar-refractivity contribution is 0.415. The van der Waals surface area contributed by atoms with Crippen LogP contribution in [0.3, 0.4) is 0 Å². The van der Waals surface area contributed by atoms with Gasteiger partial charge in [0, 0.05) is 6.07 Å². The van der Waals surface area contributed by atoms with Gasteiger partial charge in [0.05, 0.1) is 37.2 Å². The minimum absolute atomic E-state index is 0.221. The van der Waals surface area contributed by atoms with Gasteiger partial charge in [-0.25, -0.2) is 0 Å². The van der Waals surface area contributed by atoms with Crippen LogP contribution in [0.1, 0.15) is 5.56 Å². The van der Waals surface area contributed by atoms with Crippen molar-refractivity contribution in [3.63, 3.8) is 0 Å². The van der Waals surface area contributed by atoms with Crippen LogP contribution >= 0.6 is 0 Å². The van der Waals surface area contributed by atoms with Crippen LogP contribution < -0.4 is 20.5 Å². The summed E-state index contributed by atoms with van der Waals surface area (Å²) >= 11 is 0. The molecule has 3 aromatic rings. The number of aromatic nitrogens is 1. The van der Waals surface area contributed by atoms with Crippen molar-refractivity contribution in [3.05, 3.63) is 64.4 Å². The molecule has 1 heterocycles. The van der Waals surface area contributed by atoms with Gasteiger partial charge in [-0.3, -0.25) is 10.2 Å². The molecule has 0 amide bonds. The number of nitrogens with one attached hydrogen (secondary N) is 2. The fourth-order valence-electron chi connectivity index (χ4n) is 2.33. The summed E-state index contributed by atoms with van der Waals surface area (Å²) in [5.41, 5.74) is 4.55. The number of aromatic amines is 1.